The van der Waals surface area contributed by atoms with Gasteiger partial charge < -0.3 is 13.1 Å². The monoisotopic (exact) mass is 366 g/mol. The summed E-state index contributed by atoms with van der Waals surface area (Å²) in [6.45, 7) is -0.634. The van der Waals surface area contributed by atoms with E-state index in [0.29, 0.717) is 0 Å². The highest BCUT2D eigenvalue weighted by Gasteiger charge is 2.52. The first kappa shape index (κ1) is 17.7. The largest absolute Gasteiger partial charge is 0.534 e. The van der Waals surface area contributed by atoms with Crippen LogP contribution in [0.25, 0.3) is 0 Å². The Hall–Kier alpha value is -1.38. The van der Waals surface area contributed by atoms with Crippen molar-refractivity contribution in [1.29, 1.82) is 0 Å². The van der Waals surface area contributed by atoms with Gasteiger partial charge >= 0.3 is 37.2 Å². The fourth-order valence-electron chi connectivity index (χ4n) is 0.892. The second-order valence-corrected chi connectivity index (χ2v) is 6.35. The van der Waals surface area contributed by atoms with Gasteiger partial charge in [0, 0.05) is 6.42 Å². The van der Waals surface area contributed by atoms with Crippen molar-refractivity contribution in [3.05, 3.63) is 11.7 Å². The summed E-state index contributed by atoms with van der Waals surface area (Å²) in [6.07, 6.45) is -0.738. The first-order chi connectivity index (χ1) is 9.17. The molecule has 15 heteroatoms. The average molecular weight is 366 g/mol. The lowest BCUT2D eigenvalue weighted by molar-refractivity contribution is -0.0567. The number of hydrogen-bond donors (Lipinski definition) is 0. The SMILES string of the molecule is O=S(=O)(OC1=C(OS(=O)(=O)C(F)(F)F)OCC1)C(F)(F)F. The Morgan fingerprint density at radius 2 is 1.29 bits per heavy atom. The maximum Gasteiger partial charge on any atom is 0.534 e. The molecule has 0 aromatic carbocycles. The van der Waals surface area contributed by atoms with E-state index in [0.717, 1.165) is 0 Å². The third-order valence-electron chi connectivity index (χ3n) is 1.75. The average Bonchev–Trinajstić information content (AvgIpc) is 2.60. The summed E-state index contributed by atoms with van der Waals surface area (Å²) >= 11 is 0. The molecule has 0 fully saturated rings. The standard InChI is InChI=1S/C6H4F6O7S2/c7-5(8,9)20(13,14)18-3-1-2-17-4(3)19-21(15,16)6(10,11)12/h1-2H2. The predicted octanol–water partition coefficient (Wildman–Crippen LogP) is 1.31. The molecule has 0 aromatic rings. The fraction of sp³-hybridized carbons (Fsp3) is 0.667. The molecule has 0 aromatic heterocycles. The molecule has 0 atom stereocenters. The Labute approximate surface area is 113 Å². The van der Waals surface area contributed by atoms with E-state index < -0.39 is 56.0 Å². The van der Waals surface area contributed by atoms with Gasteiger partial charge in [-0.3, -0.25) is 0 Å². The highest BCUT2D eigenvalue weighted by Crippen LogP contribution is 2.34. The molecule has 1 rings (SSSR count). The minimum absolute atomic E-state index is 0.634. The first-order valence-corrected chi connectivity index (χ1v) is 7.36. The van der Waals surface area contributed by atoms with E-state index in [-0.39, 0.29) is 0 Å². The third kappa shape index (κ3) is 3.84. The van der Waals surface area contributed by atoms with Crippen LogP contribution in [0, 0.1) is 0 Å². The molecule has 124 valence electrons. The summed E-state index contributed by atoms with van der Waals surface area (Å²) in [4.78, 5) is 0. The zero-order chi connectivity index (χ0) is 16.7. The Balaban J connectivity index is 3.07. The van der Waals surface area contributed by atoms with Crippen LogP contribution < -0.4 is 0 Å². The van der Waals surface area contributed by atoms with Gasteiger partial charge in [-0.05, 0) is 0 Å². The van der Waals surface area contributed by atoms with Crippen molar-refractivity contribution in [2.45, 2.75) is 17.4 Å². The van der Waals surface area contributed by atoms with Crippen molar-refractivity contribution in [3.63, 3.8) is 0 Å². The maximum atomic E-state index is 12.0. The molecule has 0 saturated carbocycles. The third-order valence-corrected chi connectivity index (χ3v) is 3.68. The molecular formula is C6H4F6O7S2. The summed E-state index contributed by atoms with van der Waals surface area (Å²) in [7, 11) is -12.4. The Kier molecular flexibility index (Phi) is 4.30. The van der Waals surface area contributed by atoms with E-state index in [2.05, 4.69) is 13.1 Å². The molecular weight excluding hydrogens is 362 g/mol. The van der Waals surface area contributed by atoms with E-state index in [1.807, 2.05) is 0 Å². The maximum absolute atomic E-state index is 12.0. The van der Waals surface area contributed by atoms with Crippen molar-refractivity contribution >= 4 is 20.2 Å². The summed E-state index contributed by atoms with van der Waals surface area (Å²) in [5, 5.41) is 0. The van der Waals surface area contributed by atoms with Crippen LogP contribution in [-0.2, 0) is 33.3 Å². The first-order valence-electron chi connectivity index (χ1n) is 4.55. The van der Waals surface area contributed by atoms with E-state index in [1.54, 1.807) is 0 Å². The van der Waals surface area contributed by atoms with Crippen LogP contribution in [0.15, 0.2) is 11.7 Å². The van der Waals surface area contributed by atoms with Gasteiger partial charge in [0.1, 0.15) is 0 Å². The Morgan fingerprint density at radius 1 is 0.857 bits per heavy atom. The van der Waals surface area contributed by atoms with Gasteiger partial charge in [-0.2, -0.15) is 43.2 Å². The lowest BCUT2D eigenvalue weighted by Crippen LogP contribution is -2.27. The minimum Gasteiger partial charge on any atom is -0.462 e. The summed E-state index contributed by atoms with van der Waals surface area (Å²) in [5.74, 6) is -2.97. The van der Waals surface area contributed by atoms with Crippen LogP contribution in [0.5, 0.6) is 0 Å². The van der Waals surface area contributed by atoms with Crippen molar-refractivity contribution < 1.29 is 56.3 Å². The molecule has 0 saturated heterocycles. The molecule has 0 bridgehead atoms. The lowest BCUT2D eigenvalue weighted by atomic mass is 10.4. The van der Waals surface area contributed by atoms with Gasteiger partial charge in [0.15, 0.2) is 0 Å². The van der Waals surface area contributed by atoms with Gasteiger partial charge in [0.2, 0.25) is 5.76 Å². The minimum atomic E-state index is -6.24. The Bertz CT molecular complexity index is 584. The number of rotatable bonds is 4. The van der Waals surface area contributed by atoms with Gasteiger partial charge in [0.25, 0.3) is 0 Å². The highest BCUT2D eigenvalue weighted by molar-refractivity contribution is 7.88. The Morgan fingerprint density at radius 3 is 1.71 bits per heavy atom. The topological polar surface area (TPSA) is 96.0 Å². The van der Waals surface area contributed by atoms with E-state index >= 15 is 0 Å². The van der Waals surface area contributed by atoms with Gasteiger partial charge in [0.05, 0.1) is 6.61 Å². The molecule has 0 spiro atoms. The van der Waals surface area contributed by atoms with E-state index in [9.17, 15) is 43.2 Å². The smallest absolute Gasteiger partial charge is 0.462 e. The van der Waals surface area contributed by atoms with Crippen LogP contribution in [0.1, 0.15) is 6.42 Å². The molecule has 21 heavy (non-hydrogen) atoms. The molecule has 0 unspecified atom stereocenters. The molecule has 0 radical (unpaired) electrons. The number of halogens is 6. The normalized spacial score (nSPS) is 17.6. The molecule has 1 heterocycles. The summed E-state index contributed by atoms with van der Waals surface area (Å²) in [5.41, 5.74) is -11.8. The van der Waals surface area contributed by atoms with Gasteiger partial charge in [-0.25, -0.2) is 0 Å². The molecule has 1 aliphatic rings. The number of hydrogen-bond acceptors (Lipinski definition) is 7. The molecule has 0 amide bonds. The highest BCUT2D eigenvalue weighted by atomic mass is 32.2. The number of alkyl halides is 6. The summed E-state index contributed by atoms with van der Waals surface area (Å²) < 4.78 is 126. The van der Waals surface area contributed by atoms with Crippen LogP contribution in [-0.4, -0.2) is 34.5 Å². The predicted molar refractivity (Wildman–Crippen MR) is 49.7 cm³/mol. The van der Waals surface area contributed by atoms with E-state index in [4.69, 9.17) is 0 Å². The molecule has 0 aliphatic carbocycles. The lowest BCUT2D eigenvalue weighted by Gasteiger charge is -2.12. The molecule has 7 nitrogen and oxygen atoms in total. The second-order valence-electron chi connectivity index (χ2n) is 3.28. The van der Waals surface area contributed by atoms with Crippen LogP contribution in [0.3, 0.4) is 0 Å². The zero-order valence-corrected chi connectivity index (χ0v) is 11.0. The molecule has 0 N–H and O–H groups in total. The second kappa shape index (κ2) is 5.11. The van der Waals surface area contributed by atoms with E-state index in [1.165, 1.54) is 0 Å². The van der Waals surface area contributed by atoms with Crippen LogP contribution in [0.4, 0.5) is 26.3 Å². The molecule has 1 aliphatic heterocycles. The van der Waals surface area contributed by atoms with Crippen molar-refractivity contribution in [3.8, 4) is 0 Å². The van der Waals surface area contributed by atoms with Gasteiger partial charge in [-0.15, -0.1) is 0 Å². The van der Waals surface area contributed by atoms with Crippen molar-refractivity contribution in [2.24, 2.45) is 0 Å². The number of ether oxygens (including phenoxy) is 1. The van der Waals surface area contributed by atoms with Crippen LogP contribution >= 0.6 is 0 Å². The zero-order valence-electron chi connectivity index (χ0n) is 9.36. The summed E-state index contributed by atoms with van der Waals surface area (Å²) in [6, 6.07) is 0. The van der Waals surface area contributed by atoms with Gasteiger partial charge in [-0.1, -0.05) is 0 Å². The van der Waals surface area contributed by atoms with Crippen molar-refractivity contribution in [1.82, 2.24) is 0 Å². The fourth-order valence-corrected chi connectivity index (χ4v) is 1.84. The van der Waals surface area contributed by atoms with Crippen molar-refractivity contribution in [2.75, 3.05) is 6.61 Å². The quantitative estimate of drug-likeness (QED) is 0.420. The van der Waals surface area contributed by atoms with Crippen LogP contribution in [0.2, 0.25) is 0 Å².